The number of hydrogen-bond acceptors (Lipinski definition) is 5. The highest BCUT2D eigenvalue weighted by Gasteiger charge is 2.37. The van der Waals surface area contributed by atoms with Crippen LogP contribution in [0.15, 0.2) is 114 Å². The van der Waals surface area contributed by atoms with Gasteiger partial charge in [0.1, 0.15) is 11.9 Å². The fourth-order valence-electron chi connectivity index (χ4n) is 5.25. The molecule has 0 spiro atoms. The van der Waals surface area contributed by atoms with E-state index in [1.54, 1.807) is 18.2 Å². The molecule has 7 heteroatoms. The number of rotatable bonds is 5. The molecule has 0 bridgehead atoms. The summed E-state index contributed by atoms with van der Waals surface area (Å²) in [6.45, 7) is 2.49. The zero-order valence-electron chi connectivity index (χ0n) is 22.0. The summed E-state index contributed by atoms with van der Waals surface area (Å²) in [5, 5.41) is 5.96. The van der Waals surface area contributed by atoms with E-state index in [-0.39, 0.29) is 29.5 Å². The van der Waals surface area contributed by atoms with Crippen LogP contribution in [0.5, 0.6) is 0 Å². The highest BCUT2D eigenvalue weighted by atomic mass is 19.1. The predicted molar refractivity (Wildman–Crippen MR) is 153 cm³/mol. The molecule has 40 heavy (non-hydrogen) atoms. The molecule has 3 aliphatic rings. The number of nitrogens with one attached hydrogen (secondary N) is 2. The molecule has 6 rings (SSSR count). The zero-order chi connectivity index (χ0) is 27.6. The van der Waals surface area contributed by atoms with E-state index >= 15 is 4.39 Å². The van der Waals surface area contributed by atoms with E-state index in [2.05, 4.69) is 10.6 Å². The smallest absolute Gasteiger partial charge is 0.256 e. The van der Waals surface area contributed by atoms with E-state index in [0.717, 1.165) is 40.1 Å². The number of morpholine rings is 1. The predicted octanol–water partition coefficient (Wildman–Crippen LogP) is 6.11. The fourth-order valence-corrected chi connectivity index (χ4v) is 5.25. The molecular formula is C33H28FN3O3. The number of carbonyl (C=O) groups is 2. The molecule has 1 fully saturated rings. The van der Waals surface area contributed by atoms with Gasteiger partial charge < -0.3 is 20.3 Å². The molecule has 3 aromatic rings. The minimum atomic E-state index is -0.725. The van der Waals surface area contributed by atoms with Crippen LogP contribution in [0.4, 0.5) is 10.1 Å². The van der Waals surface area contributed by atoms with Crippen LogP contribution < -0.4 is 10.6 Å². The van der Waals surface area contributed by atoms with Gasteiger partial charge in [-0.3, -0.25) is 9.59 Å². The van der Waals surface area contributed by atoms with Crippen LogP contribution in [0.1, 0.15) is 32.7 Å². The molecule has 200 valence electrons. The molecular weight excluding hydrogens is 505 g/mol. The number of benzene rings is 3. The summed E-state index contributed by atoms with van der Waals surface area (Å²) < 4.78 is 21.2. The lowest BCUT2D eigenvalue weighted by atomic mass is 9.96. The van der Waals surface area contributed by atoms with Gasteiger partial charge in [-0.05, 0) is 60.4 Å². The van der Waals surface area contributed by atoms with Crippen LogP contribution >= 0.6 is 0 Å². The summed E-state index contributed by atoms with van der Waals surface area (Å²) in [6, 6.07) is 18.7. The molecule has 6 nitrogen and oxygen atoms in total. The van der Waals surface area contributed by atoms with Gasteiger partial charge in [-0.15, -0.1) is 0 Å². The van der Waals surface area contributed by atoms with Crippen molar-refractivity contribution in [3.05, 3.63) is 137 Å². The largest absolute Gasteiger partial charge is 0.373 e. The molecule has 1 unspecified atom stereocenters. The number of nitrogens with zero attached hydrogens (tertiary/aromatic N) is 1. The third-order valence-corrected chi connectivity index (χ3v) is 7.30. The van der Waals surface area contributed by atoms with E-state index in [4.69, 9.17) is 4.74 Å². The van der Waals surface area contributed by atoms with E-state index < -0.39 is 11.9 Å². The Morgan fingerprint density at radius 1 is 1.02 bits per heavy atom. The third-order valence-electron chi connectivity index (χ3n) is 7.30. The SMILES string of the molecule is Cc1ccc(-c2ccccc2C(=O)Nc2ccc(C(=O)C3COCC4=CNC=C5CC=CC=C5N43)c(F)c2)cc1. The van der Waals surface area contributed by atoms with Gasteiger partial charge in [-0.1, -0.05) is 60.2 Å². The van der Waals surface area contributed by atoms with Crippen molar-refractivity contribution in [2.45, 2.75) is 19.4 Å². The number of ketones is 1. The number of aryl methyl sites for hydroxylation is 1. The fraction of sp³-hybridized carbons (Fsp3) is 0.152. The summed E-state index contributed by atoms with van der Waals surface area (Å²) in [5.41, 5.74) is 6.24. The number of Topliss-reactive ketones (excluding diaryl/α,β-unsaturated/α-hetero) is 1. The maximum absolute atomic E-state index is 15.4. The number of anilines is 1. The van der Waals surface area contributed by atoms with Crippen LogP contribution in [0.25, 0.3) is 11.1 Å². The first-order valence-corrected chi connectivity index (χ1v) is 13.2. The Labute approximate surface area is 232 Å². The summed E-state index contributed by atoms with van der Waals surface area (Å²) in [5.74, 6) is -1.45. The number of carbonyl (C=O) groups excluding carboxylic acids is 2. The summed E-state index contributed by atoms with van der Waals surface area (Å²) in [4.78, 5) is 28.8. The van der Waals surface area contributed by atoms with Gasteiger partial charge in [-0.25, -0.2) is 4.39 Å². The lowest BCUT2D eigenvalue weighted by molar-refractivity contribution is 0.0382. The second-order valence-corrected chi connectivity index (χ2v) is 9.98. The second kappa shape index (κ2) is 10.8. The second-order valence-electron chi connectivity index (χ2n) is 9.98. The Morgan fingerprint density at radius 3 is 2.67 bits per heavy atom. The van der Waals surface area contributed by atoms with E-state index in [1.165, 1.54) is 12.1 Å². The number of fused-ring (bicyclic) bond motifs is 3. The van der Waals surface area contributed by atoms with Gasteiger partial charge in [0.25, 0.3) is 5.91 Å². The van der Waals surface area contributed by atoms with Crippen molar-refractivity contribution in [3.63, 3.8) is 0 Å². The first-order chi connectivity index (χ1) is 19.5. The van der Waals surface area contributed by atoms with Crippen molar-refractivity contribution in [1.82, 2.24) is 10.2 Å². The number of allylic oxidation sites excluding steroid dienone is 4. The average Bonchev–Trinajstić information content (AvgIpc) is 3.17. The van der Waals surface area contributed by atoms with E-state index in [9.17, 15) is 9.59 Å². The Hall–Kier alpha value is -4.75. The molecule has 3 aromatic carbocycles. The van der Waals surface area contributed by atoms with Gasteiger partial charge in [0.05, 0.1) is 24.5 Å². The molecule has 0 radical (unpaired) electrons. The van der Waals surface area contributed by atoms with Crippen LogP contribution in [-0.2, 0) is 4.74 Å². The van der Waals surface area contributed by atoms with Gasteiger partial charge in [0.2, 0.25) is 0 Å². The number of ether oxygens (including phenoxy) is 1. The molecule has 2 aliphatic heterocycles. The maximum atomic E-state index is 15.4. The van der Waals surface area contributed by atoms with Crippen molar-refractivity contribution in [3.8, 4) is 11.1 Å². The van der Waals surface area contributed by atoms with Gasteiger partial charge in [-0.2, -0.15) is 0 Å². The minimum absolute atomic E-state index is 0.0532. The molecule has 2 heterocycles. The zero-order valence-corrected chi connectivity index (χ0v) is 22.0. The lowest BCUT2D eigenvalue weighted by Gasteiger charge is -2.39. The quantitative estimate of drug-likeness (QED) is 0.388. The highest BCUT2D eigenvalue weighted by molar-refractivity contribution is 6.09. The molecule has 0 saturated carbocycles. The Balaban J connectivity index is 1.24. The molecule has 0 aromatic heterocycles. The van der Waals surface area contributed by atoms with E-state index in [1.807, 2.05) is 78.8 Å². The number of amides is 1. The molecule has 1 saturated heterocycles. The normalized spacial score (nSPS) is 17.8. The topological polar surface area (TPSA) is 70.7 Å². The first-order valence-electron chi connectivity index (χ1n) is 13.2. The summed E-state index contributed by atoms with van der Waals surface area (Å²) >= 11 is 0. The van der Waals surface area contributed by atoms with Gasteiger partial charge >= 0.3 is 0 Å². The van der Waals surface area contributed by atoms with Crippen molar-refractivity contribution >= 4 is 17.4 Å². The molecule has 1 aliphatic carbocycles. The number of halogens is 1. The molecule has 1 amide bonds. The molecule has 1 atom stereocenters. The number of hydrogen-bond donors (Lipinski definition) is 2. The Morgan fingerprint density at radius 2 is 1.85 bits per heavy atom. The van der Waals surface area contributed by atoms with Gasteiger partial charge in [0, 0.05) is 29.3 Å². The highest BCUT2D eigenvalue weighted by Crippen LogP contribution is 2.34. The van der Waals surface area contributed by atoms with Crippen LogP contribution in [0.2, 0.25) is 0 Å². The maximum Gasteiger partial charge on any atom is 0.256 e. The lowest BCUT2D eigenvalue weighted by Crippen LogP contribution is -2.48. The van der Waals surface area contributed by atoms with Gasteiger partial charge in [0.15, 0.2) is 5.78 Å². The molecule has 2 N–H and O–H groups in total. The summed E-state index contributed by atoms with van der Waals surface area (Å²) in [6.07, 6.45) is 10.4. The minimum Gasteiger partial charge on any atom is -0.373 e. The Kier molecular flexibility index (Phi) is 6.88. The average molecular weight is 534 g/mol. The van der Waals surface area contributed by atoms with Crippen molar-refractivity contribution in [2.75, 3.05) is 18.5 Å². The summed E-state index contributed by atoms with van der Waals surface area (Å²) in [7, 11) is 0. The standard InChI is InChI=1S/C33H28FN3O3/c1-21-10-12-22(13-11-21)26-7-3-4-8-27(26)33(39)36-24-14-15-28(29(34)16-24)32(38)31-20-40-19-25-18-35-17-23-6-2-5-9-30(23)37(25)31/h2-5,7-18,31,35H,6,19-20H2,1H3,(H,36,39). The van der Waals surface area contributed by atoms with Crippen molar-refractivity contribution < 1.29 is 18.7 Å². The monoisotopic (exact) mass is 533 g/mol. The van der Waals surface area contributed by atoms with E-state index in [0.29, 0.717) is 12.2 Å². The van der Waals surface area contributed by atoms with Crippen LogP contribution in [0, 0.1) is 12.7 Å². The van der Waals surface area contributed by atoms with Crippen molar-refractivity contribution in [2.24, 2.45) is 0 Å². The van der Waals surface area contributed by atoms with Crippen LogP contribution in [0.3, 0.4) is 0 Å². The van der Waals surface area contributed by atoms with Crippen LogP contribution in [-0.4, -0.2) is 35.8 Å². The third kappa shape index (κ3) is 4.87. The van der Waals surface area contributed by atoms with Crippen molar-refractivity contribution in [1.29, 1.82) is 0 Å². The Bertz CT molecular complexity index is 1620. The first kappa shape index (κ1) is 25.5.